The molecule has 24 heavy (non-hydrogen) atoms. The van der Waals surface area contributed by atoms with Gasteiger partial charge in [-0.1, -0.05) is 31.4 Å². The minimum Gasteiger partial charge on any atom is -0.497 e. The van der Waals surface area contributed by atoms with Crippen LogP contribution in [0, 0.1) is 0 Å². The normalized spacial score (nSPS) is 22.4. The molecule has 0 bridgehead atoms. The van der Waals surface area contributed by atoms with Gasteiger partial charge >= 0.3 is 0 Å². The number of hydrogen-bond acceptors (Lipinski definition) is 4. The Kier molecular flexibility index (Phi) is 6.52. The van der Waals surface area contributed by atoms with E-state index in [2.05, 4.69) is 10.2 Å². The summed E-state index contributed by atoms with van der Waals surface area (Å²) in [6.45, 7) is 3.04. The SMILES string of the molecule is COc1ccc(C(O)CNC2CCN(C3CCCCC3)CC2)cc1. The molecule has 1 aromatic carbocycles. The summed E-state index contributed by atoms with van der Waals surface area (Å²) >= 11 is 0. The predicted octanol–water partition coefficient (Wildman–Crippen LogP) is 3.12. The van der Waals surface area contributed by atoms with Crippen LogP contribution in [0.15, 0.2) is 24.3 Å². The topological polar surface area (TPSA) is 44.7 Å². The number of rotatable bonds is 6. The highest BCUT2D eigenvalue weighted by atomic mass is 16.5. The molecule has 4 nitrogen and oxygen atoms in total. The van der Waals surface area contributed by atoms with Crippen LogP contribution in [-0.4, -0.2) is 48.8 Å². The maximum atomic E-state index is 10.4. The number of nitrogens with zero attached hydrogens (tertiary/aromatic N) is 1. The Hall–Kier alpha value is -1.10. The van der Waals surface area contributed by atoms with E-state index in [1.807, 2.05) is 24.3 Å². The number of aliphatic hydroxyl groups is 1. The van der Waals surface area contributed by atoms with Crippen LogP contribution < -0.4 is 10.1 Å². The third kappa shape index (κ3) is 4.71. The second-order valence-corrected chi connectivity index (χ2v) is 7.30. The fourth-order valence-electron chi connectivity index (χ4n) is 4.14. The van der Waals surface area contributed by atoms with Crippen molar-refractivity contribution in [2.24, 2.45) is 0 Å². The van der Waals surface area contributed by atoms with Crippen molar-refractivity contribution in [3.8, 4) is 5.75 Å². The van der Waals surface area contributed by atoms with Gasteiger partial charge in [0, 0.05) is 18.6 Å². The highest BCUT2D eigenvalue weighted by Gasteiger charge is 2.26. The number of nitrogens with one attached hydrogen (secondary N) is 1. The van der Waals surface area contributed by atoms with Crippen LogP contribution in [-0.2, 0) is 0 Å². The van der Waals surface area contributed by atoms with Gasteiger partial charge in [0.05, 0.1) is 13.2 Å². The Bertz CT molecular complexity index is 477. The summed E-state index contributed by atoms with van der Waals surface area (Å²) in [7, 11) is 1.66. The fraction of sp³-hybridized carbons (Fsp3) is 0.700. The van der Waals surface area contributed by atoms with Crippen molar-refractivity contribution in [3.05, 3.63) is 29.8 Å². The van der Waals surface area contributed by atoms with Gasteiger partial charge in [0.25, 0.3) is 0 Å². The van der Waals surface area contributed by atoms with E-state index >= 15 is 0 Å². The van der Waals surface area contributed by atoms with Gasteiger partial charge < -0.3 is 20.1 Å². The van der Waals surface area contributed by atoms with Gasteiger partial charge in [0.1, 0.15) is 5.75 Å². The molecule has 1 unspecified atom stereocenters. The van der Waals surface area contributed by atoms with E-state index in [1.54, 1.807) is 7.11 Å². The van der Waals surface area contributed by atoms with Crippen molar-refractivity contribution in [1.82, 2.24) is 10.2 Å². The molecule has 0 radical (unpaired) electrons. The van der Waals surface area contributed by atoms with Crippen molar-refractivity contribution >= 4 is 0 Å². The Morgan fingerprint density at radius 3 is 2.38 bits per heavy atom. The zero-order chi connectivity index (χ0) is 16.8. The molecule has 1 heterocycles. The molecule has 1 saturated heterocycles. The van der Waals surface area contributed by atoms with Crippen LogP contribution in [0.2, 0.25) is 0 Å². The highest BCUT2D eigenvalue weighted by molar-refractivity contribution is 5.28. The summed E-state index contributed by atoms with van der Waals surface area (Å²) < 4.78 is 5.16. The molecular formula is C20H32N2O2. The van der Waals surface area contributed by atoms with Crippen LogP contribution in [0.4, 0.5) is 0 Å². The lowest BCUT2D eigenvalue weighted by molar-refractivity contribution is 0.108. The summed E-state index contributed by atoms with van der Waals surface area (Å²) in [5.74, 6) is 0.828. The summed E-state index contributed by atoms with van der Waals surface area (Å²) in [4.78, 5) is 2.71. The van der Waals surface area contributed by atoms with Gasteiger partial charge in [-0.05, 0) is 56.5 Å². The van der Waals surface area contributed by atoms with E-state index in [-0.39, 0.29) is 0 Å². The summed E-state index contributed by atoms with van der Waals surface area (Å²) in [5.41, 5.74) is 0.947. The molecule has 4 heteroatoms. The molecule has 1 atom stereocenters. The quantitative estimate of drug-likeness (QED) is 0.840. The number of hydrogen-bond donors (Lipinski definition) is 2. The second kappa shape index (κ2) is 8.84. The monoisotopic (exact) mass is 332 g/mol. The standard InChI is InChI=1S/C20H32N2O2/c1-24-19-9-7-16(8-10-19)20(23)15-21-17-11-13-22(14-12-17)18-5-3-2-4-6-18/h7-10,17-18,20-21,23H,2-6,11-15H2,1H3. The second-order valence-electron chi connectivity index (χ2n) is 7.30. The first-order valence-electron chi connectivity index (χ1n) is 9.55. The first-order valence-corrected chi connectivity index (χ1v) is 9.55. The van der Waals surface area contributed by atoms with E-state index in [0.29, 0.717) is 12.6 Å². The van der Waals surface area contributed by atoms with Gasteiger partial charge in [-0.25, -0.2) is 0 Å². The van der Waals surface area contributed by atoms with E-state index in [0.717, 1.165) is 17.4 Å². The summed E-state index contributed by atoms with van der Waals surface area (Å²) in [6, 6.07) is 9.07. The first-order chi connectivity index (χ1) is 11.8. The largest absolute Gasteiger partial charge is 0.497 e. The molecule has 0 aromatic heterocycles. The van der Waals surface area contributed by atoms with Crippen LogP contribution in [0.3, 0.4) is 0 Å². The average molecular weight is 332 g/mol. The van der Waals surface area contributed by atoms with Crippen LogP contribution in [0.1, 0.15) is 56.6 Å². The molecule has 1 saturated carbocycles. The number of ether oxygens (including phenoxy) is 1. The van der Waals surface area contributed by atoms with E-state index in [1.165, 1.54) is 58.0 Å². The van der Waals surface area contributed by atoms with E-state index < -0.39 is 6.10 Å². The summed E-state index contributed by atoms with van der Waals surface area (Å²) in [5, 5.41) is 13.9. The smallest absolute Gasteiger partial charge is 0.118 e. The predicted molar refractivity (Wildman–Crippen MR) is 97.4 cm³/mol. The fourth-order valence-corrected chi connectivity index (χ4v) is 4.14. The third-order valence-electron chi connectivity index (χ3n) is 5.72. The minimum absolute atomic E-state index is 0.452. The third-order valence-corrected chi connectivity index (χ3v) is 5.72. The average Bonchev–Trinajstić information content (AvgIpc) is 2.67. The molecule has 0 spiro atoms. The zero-order valence-electron chi connectivity index (χ0n) is 14.9. The van der Waals surface area contributed by atoms with Crippen molar-refractivity contribution in [2.75, 3.05) is 26.7 Å². The van der Waals surface area contributed by atoms with Gasteiger partial charge in [0.15, 0.2) is 0 Å². The zero-order valence-corrected chi connectivity index (χ0v) is 14.9. The minimum atomic E-state index is -0.452. The number of piperidine rings is 1. The molecule has 3 rings (SSSR count). The van der Waals surface area contributed by atoms with Gasteiger partial charge in [0.2, 0.25) is 0 Å². The molecule has 2 fully saturated rings. The molecule has 1 aliphatic heterocycles. The molecule has 134 valence electrons. The molecule has 0 amide bonds. The number of benzene rings is 1. The van der Waals surface area contributed by atoms with Crippen molar-refractivity contribution in [3.63, 3.8) is 0 Å². The molecule has 1 aromatic rings. The Labute approximate surface area is 146 Å². The highest BCUT2D eigenvalue weighted by Crippen LogP contribution is 2.25. The van der Waals surface area contributed by atoms with Crippen LogP contribution >= 0.6 is 0 Å². The van der Waals surface area contributed by atoms with Crippen molar-refractivity contribution < 1.29 is 9.84 Å². The first kappa shape index (κ1) is 17.7. The Morgan fingerprint density at radius 1 is 1.08 bits per heavy atom. The number of aliphatic hydroxyl groups excluding tert-OH is 1. The number of likely N-dealkylation sites (tertiary alicyclic amines) is 1. The van der Waals surface area contributed by atoms with Crippen molar-refractivity contribution in [1.29, 1.82) is 0 Å². The van der Waals surface area contributed by atoms with Crippen molar-refractivity contribution in [2.45, 2.75) is 63.1 Å². The Balaban J connectivity index is 1.39. The van der Waals surface area contributed by atoms with E-state index in [4.69, 9.17) is 4.74 Å². The van der Waals surface area contributed by atoms with E-state index in [9.17, 15) is 5.11 Å². The molecule has 1 aliphatic carbocycles. The Morgan fingerprint density at radius 2 is 1.75 bits per heavy atom. The molecule has 2 N–H and O–H groups in total. The van der Waals surface area contributed by atoms with Gasteiger partial charge in [-0.3, -0.25) is 0 Å². The lowest BCUT2D eigenvalue weighted by Gasteiger charge is -2.39. The molecule has 2 aliphatic rings. The lowest BCUT2D eigenvalue weighted by atomic mass is 9.92. The lowest BCUT2D eigenvalue weighted by Crippen LogP contribution is -2.47. The summed E-state index contributed by atoms with van der Waals surface area (Å²) in [6.07, 6.45) is 9.00. The van der Waals surface area contributed by atoms with Crippen LogP contribution in [0.5, 0.6) is 5.75 Å². The maximum absolute atomic E-state index is 10.4. The number of methoxy groups -OCH3 is 1. The van der Waals surface area contributed by atoms with Gasteiger partial charge in [-0.2, -0.15) is 0 Å². The van der Waals surface area contributed by atoms with Gasteiger partial charge in [-0.15, -0.1) is 0 Å². The van der Waals surface area contributed by atoms with Crippen LogP contribution in [0.25, 0.3) is 0 Å². The molecular weight excluding hydrogens is 300 g/mol. The maximum Gasteiger partial charge on any atom is 0.118 e.